The fourth-order valence-electron chi connectivity index (χ4n) is 3.88. The maximum atomic E-state index is 13.5. The Bertz CT molecular complexity index is 1400. The fraction of sp³-hybridized carbons (Fsp3) is 0.360. The van der Waals surface area contributed by atoms with Crippen LogP contribution in [0.5, 0.6) is 0 Å². The number of ether oxygens (including phenoxy) is 2. The molecule has 1 aromatic carbocycles. The van der Waals surface area contributed by atoms with Gasteiger partial charge >= 0.3 is 12.1 Å². The number of amides is 3. The molecule has 1 fully saturated rings. The van der Waals surface area contributed by atoms with Gasteiger partial charge in [0, 0.05) is 30.0 Å². The highest BCUT2D eigenvalue weighted by Crippen LogP contribution is 2.32. The molecule has 2 heterocycles. The first-order valence-electron chi connectivity index (χ1n) is 12.0. The normalized spacial score (nSPS) is 12.6. The first-order chi connectivity index (χ1) is 18.2. The summed E-state index contributed by atoms with van der Waals surface area (Å²) in [5.74, 6) is -1.34. The van der Waals surface area contributed by atoms with Crippen LogP contribution in [-0.4, -0.2) is 74.5 Å². The molecule has 0 aliphatic heterocycles. The van der Waals surface area contributed by atoms with Crippen LogP contribution in [0.25, 0.3) is 5.52 Å². The second-order valence-electron chi connectivity index (χ2n) is 8.69. The van der Waals surface area contributed by atoms with Crippen molar-refractivity contribution < 1.29 is 33.8 Å². The number of aliphatic hydroxyl groups is 1. The highest BCUT2D eigenvalue weighted by molar-refractivity contribution is 6.06. The topological polar surface area (TPSA) is 164 Å². The van der Waals surface area contributed by atoms with Crippen LogP contribution < -0.4 is 10.6 Å². The molecule has 38 heavy (non-hydrogen) atoms. The molecular weight excluding hydrogens is 496 g/mol. The molecule has 0 atom stereocenters. The molecule has 1 saturated carbocycles. The van der Waals surface area contributed by atoms with Crippen molar-refractivity contribution in [3.63, 3.8) is 0 Å². The summed E-state index contributed by atoms with van der Waals surface area (Å²) in [6.07, 6.45) is 3.12. The smallest absolute Gasteiger partial charge is 0.419 e. The largest absolute Gasteiger partial charge is 0.426 e. The van der Waals surface area contributed by atoms with E-state index in [0.29, 0.717) is 47.5 Å². The zero-order valence-electron chi connectivity index (χ0n) is 21.2. The van der Waals surface area contributed by atoms with Crippen molar-refractivity contribution in [3.05, 3.63) is 53.0 Å². The monoisotopic (exact) mass is 524 g/mol. The molecule has 3 aromatic rings. The molecule has 13 nitrogen and oxygen atoms in total. The molecule has 2 aromatic heterocycles. The molecule has 200 valence electrons. The minimum absolute atomic E-state index is 0.201. The average Bonchev–Trinajstić information content (AvgIpc) is 3.67. The van der Waals surface area contributed by atoms with Crippen LogP contribution in [0.15, 0.2) is 30.7 Å². The lowest BCUT2D eigenvalue weighted by Gasteiger charge is -2.19. The number of nitrogens with zero attached hydrogens (tertiary/aromatic N) is 4. The number of aliphatic hydroxyl groups excluding tert-OH is 1. The number of carbonyl (C=O) groups is 4. The SMILES string of the molecule is CCNC(=O)c1ccc(C)c(Nc2ncnn3cc(C(=O)N(C(=O)OCOC(=O)CO)C4CC4)c(C)c23)c1. The van der Waals surface area contributed by atoms with Gasteiger partial charge in [-0.05, 0) is 56.9 Å². The quantitative estimate of drug-likeness (QED) is 0.279. The van der Waals surface area contributed by atoms with Gasteiger partial charge in [-0.15, -0.1) is 0 Å². The molecular formula is C25H28N6O7. The van der Waals surface area contributed by atoms with Crippen molar-refractivity contribution in [2.45, 2.75) is 39.7 Å². The van der Waals surface area contributed by atoms with E-state index in [1.54, 1.807) is 19.1 Å². The van der Waals surface area contributed by atoms with E-state index in [1.165, 1.54) is 17.0 Å². The minimum Gasteiger partial charge on any atom is -0.426 e. The standard InChI is InChI=1S/C25H28N6O7/c1-4-26-23(34)16-6-5-14(2)19(9-16)29-22-21-15(3)18(10-30(21)28-12-27-22)24(35)31(17-7-8-17)25(36)38-13-37-20(33)11-32/h5-6,9-10,12,17,32H,4,7-8,11,13H2,1-3H3,(H,26,34)(H,27,28,29). The number of hydrogen-bond acceptors (Lipinski definition) is 10. The lowest BCUT2D eigenvalue weighted by Crippen LogP contribution is -2.39. The highest BCUT2D eigenvalue weighted by atomic mass is 16.7. The van der Waals surface area contributed by atoms with E-state index < -0.39 is 31.4 Å². The third-order valence-electron chi connectivity index (χ3n) is 6.01. The number of benzene rings is 1. The Kier molecular flexibility index (Phi) is 7.86. The van der Waals surface area contributed by atoms with Crippen LogP contribution in [0.1, 0.15) is 51.6 Å². The van der Waals surface area contributed by atoms with Crippen LogP contribution >= 0.6 is 0 Å². The van der Waals surface area contributed by atoms with Crippen molar-refractivity contribution >= 4 is 40.9 Å². The molecule has 4 rings (SSSR count). The number of anilines is 2. The molecule has 3 N–H and O–H groups in total. The van der Waals surface area contributed by atoms with E-state index in [1.807, 2.05) is 19.9 Å². The minimum atomic E-state index is -0.958. The van der Waals surface area contributed by atoms with Crippen molar-refractivity contribution in [2.24, 2.45) is 0 Å². The molecule has 3 amide bonds. The first kappa shape index (κ1) is 26.5. The molecule has 0 radical (unpaired) electrons. The summed E-state index contributed by atoms with van der Waals surface area (Å²) < 4.78 is 11.0. The van der Waals surface area contributed by atoms with Gasteiger partial charge in [0.15, 0.2) is 5.82 Å². The predicted molar refractivity (Wildman–Crippen MR) is 134 cm³/mol. The van der Waals surface area contributed by atoms with Gasteiger partial charge in [-0.25, -0.2) is 24.0 Å². The second-order valence-corrected chi connectivity index (χ2v) is 8.69. The number of imide groups is 1. The molecule has 0 saturated heterocycles. The van der Waals surface area contributed by atoms with Gasteiger partial charge < -0.3 is 25.2 Å². The van der Waals surface area contributed by atoms with Crippen LogP contribution in [0.4, 0.5) is 16.3 Å². The maximum absolute atomic E-state index is 13.5. The number of hydrogen-bond donors (Lipinski definition) is 3. The molecule has 1 aliphatic rings. The lowest BCUT2D eigenvalue weighted by atomic mass is 10.1. The van der Waals surface area contributed by atoms with Gasteiger partial charge in [0.2, 0.25) is 6.79 Å². The Labute approximate surface area is 217 Å². The third-order valence-corrected chi connectivity index (χ3v) is 6.01. The van der Waals surface area contributed by atoms with E-state index in [9.17, 15) is 19.2 Å². The fourth-order valence-corrected chi connectivity index (χ4v) is 3.88. The van der Waals surface area contributed by atoms with E-state index >= 15 is 0 Å². The Morgan fingerprint density at radius 1 is 1.18 bits per heavy atom. The predicted octanol–water partition coefficient (Wildman–Crippen LogP) is 2.07. The highest BCUT2D eigenvalue weighted by Gasteiger charge is 2.40. The van der Waals surface area contributed by atoms with E-state index in [0.717, 1.165) is 10.5 Å². The van der Waals surface area contributed by atoms with Crippen molar-refractivity contribution in [1.82, 2.24) is 24.8 Å². The summed E-state index contributed by atoms with van der Waals surface area (Å²) in [5.41, 5.74) is 3.28. The van der Waals surface area contributed by atoms with Crippen LogP contribution in [0.2, 0.25) is 0 Å². The van der Waals surface area contributed by atoms with E-state index in [-0.39, 0.29) is 17.5 Å². The van der Waals surface area contributed by atoms with Gasteiger partial charge in [-0.3, -0.25) is 9.59 Å². The molecule has 13 heteroatoms. The number of nitrogens with one attached hydrogen (secondary N) is 2. The van der Waals surface area contributed by atoms with Crippen molar-refractivity contribution in [1.29, 1.82) is 0 Å². The molecule has 1 aliphatic carbocycles. The van der Waals surface area contributed by atoms with Gasteiger partial charge in [0.05, 0.1) is 5.56 Å². The van der Waals surface area contributed by atoms with E-state index in [4.69, 9.17) is 9.84 Å². The Balaban J connectivity index is 1.62. The zero-order chi connectivity index (χ0) is 27.4. The van der Waals surface area contributed by atoms with Gasteiger partial charge in [-0.2, -0.15) is 5.10 Å². The second kappa shape index (κ2) is 11.3. The summed E-state index contributed by atoms with van der Waals surface area (Å²) in [6, 6.07) is 4.94. The van der Waals surface area contributed by atoms with Gasteiger partial charge in [0.1, 0.15) is 18.5 Å². The summed E-state index contributed by atoms with van der Waals surface area (Å²) in [5, 5.41) is 18.9. The van der Waals surface area contributed by atoms with Gasteiger partial charge in [-0.1, -0.05) is 6.07 Å². The number of aryl methyl sites for hydroxylation is 2. The molecule has 0 unspecified atom stereocenters. The van der Waals surface area contributed by atoms with Gasteiger partial charge in [0.25, 0.3) is 11.8 Å². The number of rotatable bonds is 9. The summed E-state index contributed by atoms with van der Waals surface area (Å²) in [4.78, 5) is 54.9. The van der Waals surface area contributed by atoms with Crippen LogP contribution in [-0.2, 0) is 14.3 Å². The maximum Gasteiger partial charge on any atom is 0.419 e. The van der Waals surface area contributed by atoms with Crippen molar-refractivity contribution in [3.8, 4) is 0 Å². The number of esters is 1. The van der Waals surface area contributed by atoms with E-state index in [2.05, 4.69) is 25.5 Å². The zero-order valence-corrected chi connectivity index (χ0v) is 21.2. The van der Waals surface area contributed by atoms with Crippen LogP contribution in [0.3, 0.4) is 0 Å². The lowest BCUT2D eigenvalue weighted by molar-refractivity contribution is -0.155. The summed E-state index contributed by atoms with van der Waals surface area (Å²) >= 11 is 0. The molecule has 0 spiro atoms. The Morgan fingerprint density at radius 2 is 1.95 bits per heavy atom. The third kappa shape index (κ3) is 5.57. The summed E-state index contributed by atoms with van der Waals surface area (Å²) in [7, 11) is 0. The van der Waals surface area contributed by atoms with Crippen molar-refractivity contribution in [2.75, 3.05) is 25.3 Å². The first-order valence-corrected chi connectivity index (χ1v) is 12.0. The number of aromatic nitrogens is 3. The number of carbonyl (C=O) groups excluding carboxylic acids is 4. The molecule has 0 bridgehead atoms. The average molecular weight is 525 g/mol. The number of fused-ring (bicyclic) bond motifs is 1. The Hall–Kier alpha value is -4.52. The summed E-state index contributed by atoms with van der Waals surface area (Å²) in [6.45, 7) is 4.37. The Morgan fingerprint density at radius 3 is 2.63 bits per heavy atom. The van der Waals surface area contributed by atoms with Crippen LogP contribution in [0, 0.1) is 13.8 Å².